The molecule has 0 unspecified atom stereocenters. The van der Waals surface area contributed by atoms with E-state index in [4.69, 9.17) is 5.73 Å². The van der Waals surface area contributed by atoms with E-state index in [0.29, 0.717) is 12.1 Å². The third kappa shape index (κ3) is 2.58. The highest BCUT2D eigenvalue weighted by molar-refractivity contribution is 5.49. The van der Waals surface area contributed by atoms with Crippen molar-refractivity contribution >= 4 is 11.5 Å². The Balaban J connectivity index is 1.58. The molecule has 4 heteroatoms. The molecule has 0 atom stereocenters. The molecule has 1 aromatic heterocycles. The molecule has 98 valence electrons. The number of nitrogens with one attached hydrogen (secondary N) is 1. The summed E-state index contributed by atoms with van der Waals surface area (Å²) < 4.78 is 0. The monoisotopic (exact) mass is 246 g/mol. The molecule has 1 saturated carbocycles. The Kier molecular flexibility index (Phi) is 3.37. The average Bonchev–Trinajstić information content (AvgIpc) is 2.39. The second-order valence-corrected chi connectivity index (χ2v) is 5.53. The molecule has 1 aliphatic heterocycles. The van der Waals surface area contributed by atoms with Crippen molar-refractivity contribution in [2.45, 2.75) is 44.2 Å². The zero-order chi connectivity index (χ0) is 12.4. The van der Waals surface area contributed by atoms with Crippen LogP contribution in [0.2, 0.25) is 0 Å². The average molecular weight is 246 g/mol. The molecular formula is C14H22N4. The Morgan fingerprint density at radius 1 is 1.17 bits per heavy atom. The van der Waals surface area contributed by atoms with Gasteiger partial charge in [0, 0.05) is 25.2 Å². The normalized spacial score (nSPS) is 27.7. The third-order valence-electron chi connectivity index (χ3n) is 3.97. The van der Waals surface area contributed by atoms with Crippen molar-refractivity contribution in [2.24, 2.45) is 5.73 Å². The molecule has 1 aliphatic carbocycles. The molecule has 0 bridgehead atoms. The molecule has 3 N–H and O–H groups in total. The predicted molar refractivity (Wildman–Crippen MR) is 74.9 cm³/mol. The minimum absolute atomic E-state index is 0.392. The topological polar surface area (TPSA) is 54.2 Å². The quantitative estimate of drug-likeness (QED) is 0.856. The highest BCUT2D eigenvalue weighted by Crippen LogP contribution is 2.24. The summed E-state index contributed by atoms with van der Waals surface area (Å²) in [6.07, 6.45) is 8.05. The van der Waals surface area contributed by atoms with Crippen molar-refractivity contribution in [3.05, 3.63) is 18.3 Å². The minimum Gasteiger partial charge on any atom is -0.381 e. The van der Waals surface area contributed by atoms with Gasteiger partial charge in [0.1, 0.15) is 5.82 Å². The lowest BCUT2D eigenvalue weighted by Crippen LogP contribution is -2.44. The second kappa shape index (κ2) is 5.14. The van der Waals surface area contributed by atoms with Crippen molar-refractivity contribution in [2.75, 3.05) is 23.3 Å². The lowest BCUT2D eigenvalue weighted by atomic mass is 9.87. The van der Waals surface area contributed by atoms with Crippen LogP contribution in [0.15, 0.2) is 18.3 Å². The fourth-order valence-corrected chi connectivity index (χ4v) is 2.80. The van der Waals surface area contributed by atoms with Gasteiger partial charge < -0.3 is 16.0 Å². The van der Waals surface area contributed by atoms with E-state index in [1.54, 1.807) is 0 Å². The van der Waals surface area contributed by atoms with E-state index < -0.39 is 0 Å². The van der Waals surface area contributed by atoms with Gasteiger partial charge in [-0.25, -0.2) is 4.98 Å². The van der Waals surface area contributed by atoms with Crippen molar-refractivity contribution in [3.8, 4) is 0 Å². The Hall–Kier alpha value is -1.29. The van der Waals surface area contributed by atoms with E-state index in [-0.39, 0.29) is 0 Å². The van der Waals surface area contributed by atoms with E-state index in [2.05, 4.69) is 27.3 Å². The predicted octanol–water partition coefficient (Wildman–Crippen LogP) is 1.97. The van der Waals surface area contributed by atoms with Crippen LogP contribution >= 0.6 is 0 Å². The maximum Gasteiger partial charge on any atom is 0.128 e. The first kappa shape index (κ1) is 11.8. The van der Waals surface area contributed by atoms with E-state index in [0.717, 1.165) is 37.4 Å². The van der Waals surface area contributed by atoms with Gasteiger partial charge in [0.25, 0.3) is 0 Å². The Morgan fingerprint density at radius 2 is 1.94 bits per heavy atom. The first-order valence-electron chi connectivity index (χ1n) is 7.04. The summed E-state index contributed by atoms with van der Waals surface area (Å²) in [6.45, 7) is 2.30. The molecule has 3 rings (SSSR count). The number of piperidine rings is 1. The Labute approximate surface area is 109 Å². The SMILES string of the molecule is NC1CC(Nc2ccc(N3CCCCC3)nc2)C1. The van der Waals surface area contributed by atoms with Gasteiger partial charge in [0.15, 0.2) is 0 Å². The summed E-state index contributed by atoms with van der Waals surface area (Å²) in [6, 6.07) is 5.21. The smallest absolute Gasteiger partial charge is 0.128 e. The summed E-state index contributed by atoms with van der Waals surface area (Å²) in [5.74, 6) is 1.12. The highest BCUT2D eigenvalue weighted by atomic mass is 15.2. The summed E-state index contributed by atoms with van der Waals surface area (Å²) in [5, 5.41) is 3.48. The Morgan fingerprint density at radius 3 is 2.56 bits per heavy atom. The molecule has 0 aromatic carbocycles. The van der Waals surface area contributed by atoms with Gasteiger partial charge in [0.2, 0.25) is 0 Å². The number of anilines is 2. The maximum absolute atomic E-state index is 5.78. The van der Waals surface area contributed by atoms with Gasteiger partial charge in [-0.3, -0.25) is 0 Å². The molecule has 1 saturated heterocycles. The van der Waals surface area contributed by atoms with Gasteiger partial charge in [0.05, 0.1) is 11.9 Å². The molecular weight excluding hydrogens is 224 g/mol. The van der Waals surface area contributed by atoms with Crippen molar-refractivity contribution in [1.29, 1.82) is 0 Å². The number of pyridine rings is 1. The zero-order valence-corrected chi connectivity index (χ0v) is 10.8. The van der Waals surface area contributed by atoms with Crippen LogP contribution in [0.4, 0.5) is 11.5 Å². The molecule has 2 heterocycles. The van der Waals surface area contributed by atoms with Crippen LogP contribution in [0.5, 0.6) is 0 Å². The number of hydrogen-bond donors (Lipinski definition) is 2. The van der Waals surface area contributed by atoms with Crippen LogP contribution in [-0.4, -0.2) is 30.2 Å². The van der Waals surface area contributed by atoms with Crippen LogP contribution in [-0.2, 0) is 0 Å². The van der Waals surface area contributed by atoms with Crippen LogP contribution < -0.4 is 16.0 Å². The molecule has 18 heavy (non-hydrogen) atoms. The lowest BCUT2D eigenvalue weighted by Gasteiger charge is -2.34. The van der Waals surface area contributed by atoms with Crippen LogP contribution in [0.3, 0.4) is 0 Å². The Bertz CT molecular complexity index is 377. The number of nitrogens with two attached hydrogens (primary N) is 1. The zero-order valence-electron chi connectivity index (χ0n) is 10.8. The number of rotatable bonds is 3. The molecule has 1 aromatic rings. The van der Waals surface area contributed by atoms with E-state index in [1.165, 1.54) is 19.3 Å². The minimum atomic E-state index is 0.392. The highest BCUT2D eigenvalue weighted by Gasteiger charge is 2.25. The molecule has 4 nitrogen and oxygen atoms in total. The summed E-state index contributed by atoms with van der Waals surface area (Å²) >= 11 is 0. The van der Waals surface area contributed by atoms with Gasteiger partial charge >= 0.3 is 0 Å². The molecule has 0 spiro atoms. The molecule has 0 amide bonds. The van der Waals surface area contributed by atoms with E-state index in [9.17, 15) is 0 Å². The first-order valence-corrected chi connectivity index (χ1v) is 7.04. The van der Waals surface area contributed by atoms with Gasteiger partial charge in [-0.05, 0) is 44.2 Å². The molecule has 2 aliphatic rings. The third-order valence-corrected chi connectivity index (χ3v) is 3.97. The maximum atomic E-state index is 5.78. The lowest BCUT2D eigenvalue weighted by molar-refractivity contribution is 0.373. The van der Waals surface area contributed by atoms with Crippen LogP contribution in [0.25, 0.3) is 0 Å². The van der Waals surface area contributed by atoms with E-state index >= 15 is 0 Å². The number of nitrogens with zero attached hydrogens (tertiary/aromatic N) is 2. The van der Waals surface area contributed by atoms with Crippen LogP contribution in [0, 0.1) is 0 Å². The molecule has 0 radical (unpaired) electrons. The van der Waals surface area contributed by atoms with Gasteiger partial charge in [-0.2, -0.15) is 0 Å². The fourth-order valence-electron chi connectivity index (χ4n) is 2.80. The largest absolute Gasteiger partial charge is 0.381 e. The fraction of sp³-hybridized carbons (Fsp3) is 0.643. The molecule has 2 fully saturated rings. The van der Waals surface area contributed by atoms with Gasteiger partial charge in [-0.1, -0.05) is 0 Å². The van der Waals surface area contributed by atoms with E-state index in [1.807, 2.05) is 6.20 Å². The standard InChI is InChI=1S/C14H22N4/c15-11-8-13(9-11)17-12-4-5-14(16-10-12)18-6-2-1-3-7-18/h4-5,10-11,13,17H,1-3,6-9,15H2. The van der Waals surface area contributed by atoms with Crippen molar-refractivity contribution < 1.29 is 0 Å². The van der Waals surface area contributed by atoms with Crippen molar-refractivity contribution in [1.82, 2.24) is 4.98 Å². The van der Waals surface area contributed by atoms with Crippen LogP contribution in [0.1, 0.15) is 32.1 Å². The van der Waals surface area contributed by atoms with Gasteiger partial charge in [-0.15, -0.1) is 0 Å². The second-order valence-electron chi connectivity index (χ2n) is 5.53. The summed E-state index contributed by atoms with van der Waals surface area (Å²) in [5.41, 5.74) is 6.90. The summed E-state index contributed by atoms with van der Waals surface area (Å²) in [4.78, 5) is 6.95. The summed E-state index contributed by atoms with van der Waals surface area (Å²) in [7, 11) is 0. The number of aromatic nitrogens is 1. The number of hydrogen-bond acceptors (Lipinski definition) is 4. The first-order chi connectivity index (χ1) is 8.81. The van der Waals surface area contributed by atoms with Crippen molar-refractivity contribution in [3.63, 3.8) is 0 Å².